The first kappa shape index (κ1) is 21.8. The number of hydrogen-bond acceptors (Lipinski definition) is 6. The highest BCUT2D eigenvalue weighted by Crippen LogP contribution is 2.35. The van der Waals surface area contributed by atoms with Gasteiger partial charge in [-0.2, -0.15) is 0 Å². The Kier molecular flexibility index (Phi) is 7.10. The number of thiophene rings is 1. The van der Waals surface area contributed by atoms with Crippen LogP contribution in [0.4, 0.5) is 5.00 Å². The molecule has 2 heterocycles. The Morgan fingerprint density at radius 3 is 2.47 bits per heavy atom. The molecule has 1 N–H and O–H groups in total. The van der Waals surface area contributed by atoms with Crippen LogP contribution in [-0.2, 0) is 9.53 Å². The van der Waals surface area contributed by atoms with Gasteiger partial charge in [0, 0.05) is 13.1 Å². The molecule has 30 heavy (non-hydrogen) atoms. The summed E-state index contributed by atoms with van der Waals surface area (Å²) in [7, 11) is 1.28. The molecule has 0 spiro atoms. The third-order valence-electron chi connectivity index (χ3n) is 5.08. The van der Waals surface area contributed by atoms with Gasteiger partial charge in [-0.1, -0.05) is 18.2 Å². The van der Waals surface area contributed by atoms with Gasteiger partial charge in [0.1, 0.15) is 10.8 Å². The van der Waals surface area contributed by atoms with Crippen LogP contribution in [0.3, 0.4) is 0 Å². The molecule has 1 aliphatic rings. The van der Waals surface area contributed by atoms with E-state index in [1.54, 1.807) is 17.9 Å². The van der Waals surface area contributed by atoms with E-state index in [4.69, 9.17) is 9.47 Å². The summed E-state index contributed by atoms with van der Waals surface area (Å²) in [5, 5.41) is 3.02. The summed E-state index contributed by atoms with van der Waals surface area (Å²) < 4.78 is 10.5. The maximum absolute atomic E-state index is 13.0. The lowest BCUT2D eigenvalue weighted by molar-refractivity contribution is -0.118. The van der Waals surface area contributed by atoms with Crippen LogP contribution in [0.2, 0.25) is 0 Å². The van der Waals surface area contributed by atoms with Gasteiger partial charge in [0.15, 0.2) is 6.61 Å². The molecule has 1 fully saturated rings. The van der Waals surface area contributed by atoms with E-state index < -0.39 is 11.9 Å². The number of benzene rings is 1. The quantitative estimate of drug-likeness (QED) is 0.705. The van der Waals surface area contributed by atoms with Crippen molar-refractivity contribution >= 4 is 34.1 Å². The molecular weight excluding hydrogens is 404 g/mol. The molecule has 160 valence electrons. The predicted octanol–water partition coefficient (Wildman–Crippen LogP) is 3.80. The summed E-state index contributed by atoms with van der Waals surface area (Å²) >= 11 is 1.11. The van der Waals surface area contributed by atoms with Gasteiger partial charge in [-0.25, -0.2) is 4.79 Å². The number of amides is 2. The van der Waals surface area contributed by atoms with Crippen molar-refractivity contribution in [2.45, 2.75) is 33.1 Å². The van der Waals surface area contributed by atoms with E-state index in [2.05, 4.69) is 5.32 Å². The second-order valence-electron chi connectivity index (χ2n) is 7.21. The van der Waals surface area contributed by atoms with Crippen LogP contribution in [-0.4, -0.2) is 49.5 Å². The molecular formula is C22H26N2O5S. The average Bonchev–Trinajstić information content (AvgIpc) is 3.08. The van der Waals surface area contributed by atoms with Crippen molar-refractivity contribution in [3.8, 4) is 5.75 Å². The molecule has 1 aromatic carbocycles. The van der Waals surface area contributed by atoms with Gasteiger partial charge in [0.2, 0.25) is 0 Å². The number of hydrogen-bond donors (Lipinski definition) is 1. The monoisotopic (exact) mass is 430 g/mol. The Bertz CT molecular complexity index is 947. The number of methoxy groups -OCH3 is 1. The fraction of sp³-hybridized carbons (Fsp3) is 0.409. The third kappa shape index (κ3) is 4.81. The lowest BCUT2D eigenvalue weighted by atomic mass is 10.1. The number of esters is 1. The SMILES string of the molecule is COC(=O)c1c(NC(=O)COc2ccccc2C)sc(C(=O)N2CCCCC2)c1C. The van der Waals surface area contributed by atoms with Crippen molar-refractivity contribution in [2.75, 3.05) is 32.1 Å². The summed E-state index contributed by atoms with van der Waals surface area (Å²) in [4.78, 5) is 40.1. The molecule has 1 aliphatic heterocycles. The van der Waals surface area contributed by atoms with Gasteiger partial charge in [0.05, 0.1) is 17.6 Å². The Labute approximate surface area is 180 Å². The van der Waals surface area contributed by atoms with Gasteiger partial charge < -0.3 is 19.7 Å². The van der Waals surface area contributed by atoms with E-state index in [1.807, 2.05) is 25.1 Å². The van der Waals surface area contributed by atoms with E-state index in [0.717, 1.165) is 36.2 Å². The van der Waals surface area contributed by atoms with E-state index in [0.29, 0.717) is 34.3 Å². The zero-order valence-electron chi connectivity index (χ0n) is 17.4. The van der Waals surface area contributed by atoms with Crippen LogP contribution in [0.25, 0.3) is 0 Å². The van der Waals surface area contributed by atoms with E-state index in [1.165, 1.54) is 7.11 Å². The zero-order chi connectivity index (χ0) is 21.7. The Balaban J connectivity index is 1.78. The first-order valence-corrected chi connectivity index (χ1v) is 10.7. The zero-order valence-corrected chi connectivity index (χ0v) is 18.3. The van der Waals surface area contributed by atoms with Crippen molar-refractivity contribution in [2.24, 2.45) is 0 Å². The molecule has 7 nitrogen and oxygen atoms in total. The summed E-state index contributed by atoms with van der Waals surface area (Å²) in [6, 6.07) is 7.40. The van der Waals surface area contributed by atoms with Gasteiger partial charge in [-0.15, -0.1) is 11.3 Å². The number of likely N-dealkylation sites (tertiary alicyclic amines) is 1. The smallest absolute Gasteiger partial charge is 0.341 e. The van der Waals surface area contributed by atoms with Gasteiger partial charge in [-0.3, -0.25) is 9.59 Å². The number of carbonyl (C=O) groups is 3. The van der Waals surface area contributed by atoms with E-state index >= 15 is 0 Å². The molecule has 8 heteroatoms. The minimum atomic E-state index is -0.587. The number of carbonyl (C=O) groups excluding carboxylic acids is 3. The molecule has 0 bridgehead atoms. The summed E-state index contributed by atoms with van der Waals surface area (Å²) in [5.74, 6) is -0.499. The number of aryl methyl sites for hydroxylation is 1. The Morgan fingerprint density at radius 1 is 1.10 bits per heavy atom. The second kappa shape index (κ2) is 9.75. The molecule has 0 unspecified atom stereocenters. The highest BCUT2D eigenvalue weighted by Gasteiger charge is 2.29. The van der Waals surface area contributed by atoms with E-state index in [-0.39, 0.29) is 18.1 Å². The number of para-hydroxylation sites is 1. The molecule has 1 aromatic heterocycles. The highest BCUT2D eigenvalue weighted by atomic mass is 32.1. The maximum Gasteiger partial charge on any atom is 0.341 e. The number of piperidine rings is 1. The first-order chi connectivity index (χ1) is 14.4. The van der Waals surface area contributed by atoms with Crippen LogP contribution in [0, 0.1) is 13.8 Å². The first-order valence-electron chi connectivity index (χ1n) is 9.91. The van der Waals surface area contributed by atoms with Crippen LogP contribution >= 0.6 is 11.3 Å². The topological polar surface area (TPSA) is 84.9 Å². The second-order valence-corrected chi connectivity index (χ2v) is 8.23. The number of rotatable bonds is 6. The fourth-order valence-corrected chi connectivity index (χ4v) is 4.60. The molecule has 2 amide bonds. The van der Waals surface area contributed by atoms with Crippen molar-refractivity contribution in [3.05, 3.63) is 45.8 Å². The average molecular weight is 431 g/mol. The highest BCUT2D eigenvalue weighted by molar-refractivity contribution is 7.18. The summed E-state index contributed by atoms with van der Waals surface area (Å²) in [6.45, 7) is 4.80. The minimum Gasteiger partial charge on any atom is -0.483 e. The number of nitrogens with zero attached hydrogens (tertiary/aromatic N) is 1. The largest absolute Gasteiger partial charge is 0.483 e. The van der Waals surface area contributed by atoms with Gasteiger partial charge >= 0.3 is 5.97 Å². The maximum atomic E-state index is 13.0. The fourth-order valence-electron chi connectivity index (χ4n) is 3.42. The van der Waals surface area contributed by atoms with Gasteiger partial charge in [-0.05, 0) is 50.3 Å². The molecule has 0 aliphatic carbocycles. The van der Waals surface area contributed by atoms with Crippen LogP contribution in [0.1, 0.15) is 50.4 Å². The lowest BCUT2D eigenvalue weighted by Crippen LogP contribution is -2.35. The minimum absolute atomic E-state index is 0.112. The predicted molar refractivity (Wildman–Crippen MR) is 115 cm³/mol. The van der Waals surface area contributed by atoms with Gasteiger partial charge in [0.25, 0.3) is 11.8 Å². The molecule has 2 aromatic rings. The summed E-state index contributed by atoms with van der Waals surface area (Å²) in [5.41, 5.74) is 1.66. The molecule has 0 saturated carbocycles. The Hall–Kier alpha value is -2.87. The Morgan fingerprint density at radius 2 is 1.80 bits per heavy atom. The molecule has 1 saturated heterocycles. The lowest BCUT2D eigenvalue weighted by Gasteiger charge is -2.26. The molecule has 0 radical (unpaired) electrons. The van der Waals surface area contributed by atoms with Crippen molar-refractivity contribution in [1.29, 1.82) is 0 Å². The van der Waals surface area contributed by atoms with Crippen molar-refractivity contribution in [3.63, 3.8) is 0 Å². The van der Waals surface area contributed by atoms with E-state index in [9.17, 15) is 14.4 Å². The van der Waals surface area contributed by atoms with Crippen molar-refractivity contribution < 1.29 is 23.9 Å². The number of anilines is 1. The molecule has 3 rings (SSSR count). The normalized spacial score (nSPS) is 13.6. The third-order valence-corrected chi connectivity index (χ3v) is 6.27. The summed E-state index contributed by atoms with van der Waals surface area (Å²) in [6.07, 6.45) is 3.06. The standard InChI is InChI=1S/C22H26N2O5S/c1-14-9-5-6-10-16(14)29-13-17(25)23-20-18(22(27)28-3)15(2)19(30-20)21(26)24-11-7-4-8-12-24/h5-6,9-10H,4,7-8,11-13H2,1-3H3,(H,23,25). The van der Waals surface area contributed by atoms with Crippen LogP contribution < -0.4 is 10.1 Å². The van der Waals surface area contributed by atoms with Crippen LogP contribution in [0.5, 0.6) is 5.75 Å². The number of ether oxygens (including phenoxy) is 2. The number of nitrogens with one attached hydrogen (secondary N) is 1. The molecule has 0 atom stereocenters. The van der Waals surface area contributed by atoms with Crippen LogP contribution in [0.15, 0.2) is 24.3 Å². The van der Waals surface area contributed by atoms with Crippen molar-refractivity contribution in [1.82, 2.24) is 4.90 Å².